The molecule has 2 fully saturated rings. The van der Waals surface area contributed by atoms with Crippen LogP contribution in [-0.2, 0) is 6.54 Å². The summed E-state index contributed by atoms with van der Waals surface area (Å²) in [6.45, 7) is 0.945. The zero-order valence-corrected chi connectivity index (χ0v) is 8.63. The fourth-order valence-electron chi connectivity index (χ4n) is 2.69. The van der Waals surface area contributed by atoms with Crippen molar-refractivity contribution in [1.29, 1.82) is 5.26 Å². The molecule has 1 heterocycles. The maximum atomic E-state index is 9.06. The third-order valence-electron chi connectivity index (χ3n) is 3.59. The second kappa shape index (κ2) is 3.36. The van der Waals surface area contributed by atoms with Gasteiger partial charge in [-0.1, -0.05) is 30.3 Å². The molecule has 2 heteroatoms. The highest BCUT2D eigenvalue weighted by atomic mass is 15.2. The molecule has 15 heavy (non-hydrogen) atoms. The number of fused-ring (bicyclic) bond motifs is 1. The molecule has 0 N–H and O–H groups in total. The fourth-order valence-corrected chi connectivity index (χ4v) is 2.69. The Hall–Kier alpha value is -1.33. The maximum absolute atomic E-state index is 9.06. The number of nitrogens with zero attached hydrogens (tertiary/aromatic N) is 2. The van der Waals surface area contributed by atoms with E-state index in [1.165, 1.54) is 12.0 Å². The van der Waals surface area contributed by atoms with Crippen LogP contribution in [0.1, 0.15) is 18.4 Å². The van der Waals surface area contributed by atoms with Gasteiger partial charge < -0.3 is 0 Å². The van der Waals surface area contributed by atoms with Crippen molar-refractivity contribution in [1.82, 2.24) is 4.90 Å². The molecule has 76 valence electrons. The highest BCUT2D eigenvalue weighted by Gasteiger charge is 2.51. The Bertz CT molecular complexity index is 393. The van der Waals surface area contributed by atoms with Gasteiger partial charge in [0.1, 0.15) is 0 Å². The third-order valence-corrected chi connectivity index (χ3v) is 3.59. The van der Waals surface area contributed by atoms with E-state index in [-0.39, 0.29) is 6.04 Å². The molecule has 3 atom stereocenters. The van der Waals surface area contributed by atoms with E-state index in [1.807, 2.05) is 6.07 Å². The van der Waals surface area contributed by atoms with Crippen LogP contribution in [0.5, 0.6) is 0 Å². The van der Waals surface area contributed by atoms with Crippen LogP contribution in [0, 0.1) is 17.2 Å². The highest BCUT2D eigenvalue weighted by Crippen LogP contribution is 2.48. The number of hydrogen-bond acceptors (Lipinski definition) is 2. The molecule has 1 aliphatic carbocycles. The van der Waals surface area contributed by atoms with Gasteiger partial charge >= 0.3 is 0 Å². The fraction of sp³-hybridized carbons (Fsp3) is 0.462. The predicted octanol–water partition coefficient (Wildman–Crippen LogP) is 2.17. The van der Waals surface area contributed by atoms with E-state index in [0.717, 1.165) is 18.9 Å². The molecule has 1 aliphatic heterocycles. The highest BCUT2D eigenvalue weighted by molar-refractivity contribution is 5.19. The van der Waals surface area contributed by atoms with Gasteiger partial charge in [-0.15, -0.1) is 0 Å². The number of hydrogen-bond donors (Lipinski definition) is 0. The molecule has 2 aliphatic rings. The van der Waals surface area contributed by atoms with Gasteiger partial charge in [0.05, 0.1) is 12.1 Å². The van der Waals surface area contributed by atoms with Gasteiger partial charge in [0, 0.05) is 12.6 Å². The largest absolute Gasteiger partial charge is 0.280 e. The summed E-state index contributed by atoms with van der Waals surface area (Å²) in [6.07, 6.45) is 2.40. The Morgan fingerprint density at radius 3 is 2.80 bits per heavy atom. The lowest BCUT2D eigenvalue weighted by atomic mass is 10.1. The van der Waals surface area contributed by atoms with Gasteiger partial charge in [-0.2, -0.15) is 5.26 Å². The molecule has 1 saturated heterocycles. The summed E-state index contributed by atoms with van der Waals surface area (Å²) in [7, 11) is 0. The second-order valence-electron chi connectivity index (χ2n) is 4.60. The topological polar surface area (TPSA) is 27.0 Å². The van der Waals surface area contributed by atoms with Crippen molar-refractivity contribution in [3.63, 3.8) is 0 Å². The van der Waals surface area contributed by atoms with Gasteiger partial charge in [0.2, 0.25) is 0 Å². The molecule has 0 bridgehead atoms. The average Bonchev–Trinajstić information content (AvgIpc) is 2.97. The van der Waals surface area contributed by atoms with Crippen molar-refractivity contribution >= 4 is 0 Å². The Morgan fingerprint density at radius 1 is 1.27 bits per heavy atom. The van der Waals surface area contributed by atoms with Gasteiger partial charge in [-0.25, -0.2) is 0 Å². The van der Waals surface area contributed by atoms with Gasteiger partial charge in [-0.3, -0.25) is 4.90 Å². The Morgan fingerprint density at radius 2 is 2.07 bits per heavy atom. The van der Waals surface area contributed by atoms with E-state index in [1.54, 1.807) is 0 Å². The lowest BCUT2D eigenvalue weighted by Gasteiger charge is -2.22. The number of piperidine rings is 1. The monoisotopic (exact) mass is 198 g/mol. The molecule has 3 rings (SSSR count). The standard InChI is InChI=1S/C13H14N2/c14-8-12-6-11-7-13(11)15(12)9-10-4-2-1-3-5-10/h1-5,11-13H,6-7,9H2/t11?,12-,13?/m0/s1. The zero-order valence-electron chi connectivity index (χ0n) is 8.63. The molecule has 0 aromatic heterocycles. The summed E-state index contributed by atoms with van der Waals surface area (Å²) in [5.74, 6) is 0.818. The van der Waals surface area contributed by atoms with Crippen molar-refractivity contribution in [2.24, 2.45) is 5.92 Å². The van der Waals surface area contributed by atoms with Crippen molar-refractivity contribution < 1.29 is 0 Å². The van der Waals surface area contributed by atoms with Crippen molar-refractivity contribution in [3.05, 3.63) is 35.9 Å². The summed E-state index contributed by atoms with van der Waals surface area (Å²) >= 11 is 0. The number of likely N-dealkylation sites (tertiary alicyclic amines) is 1. The summed E-state index contributed by atoms with van der Waals surface area (Å²) < 4.78 is 0. The molecule has 0 spiro atoms. The molecular weight excluding hydrogens is 184 g/mol. The van der Waals surface area contributed by atoms with Crippen LogP contribution >= 0.6 is 0 Å². The Kier molecular flexibility index (Phi) is 2.00. The van der Waals surface area contributed by atoms with Gasteiger partial charge in [0.25, 0.3) is 0 Å². The lowest BCUT2D eigenvalue weighted by Crippen LogP contribution is -2.31. The molecule has 0 amide bonds. The SMILES string of the molecule is N#C[C@@H]1CC2CC2N1Cc1ccccc1. The summed E-state index contributed by atoms with van der Waals surface area (Å²) in [5.41, 5.74) is 1.32. The molecular formula is C13H14N2. The van der Waals surface area contributed by atoms with Crippen LogP contribution in [0.3, 0.4) is 0 Å². The van der Waals surface area contributed by atoms with Crippen LogP contribution in [-0.4, -0.2) is 17.0 Å². The molecule has 0 radical (unpaired) electrons. The smallest absolute Gasteiger partial charge is 0.0986 e. The summed E-state index contributed by atoms with van der Waals surface area (Å²) in [5, 5.41) is 9.06. The van der Waals surface area contributed by atoms with Crippen LogP contribution in [0.4, 0.5) is 0 Å². The van der Waals surface area contributed by atoms with E-state index in [2.05, 4.69) is 35.2 Å². The summed E-state index contributed by atoms with van der Waals surface area (Å²) in [6, 6.07) is 13.7. The number of nitriles is 1. The summed E-state index contributed by atoms with van der Waals surface area (Å²) in [4.78, 5) is 2.38. The minimum atomic E-state index is 0.161. The van der Waals surface area contributed by atoms with E-state index in [9.17, 15) is 0 Å². The van der Waals surface area contributed by atoms with Crippen LogP contribution in [0.15, 0.2) is 30.3 Å². The zero-order chi connectivity index (χ0) is 10.3. The molecule has 1 aromatic rings. The predicted molar refractivity (Wildman–Crippen MR) is 57.9 cm³/mol. The van der Waals surface area contributed by atoms with Crippen LogP contribution in [0.2, 0.25) is 0 Å². The molecule has 1 aromatic carbocycles. The molecule has 1 saturated carbocycles. The normalized spacial score (nSPS) is 33.4. The first kappa shape index (κ1) is 8.94. The third kappa shape index (κ3) is 1.53. The Labute approximate surface area is 90.1 Å². The van der Waals surface area contributed by atoms with Crippen molar-refractivity contribution in [2.75, 3.05) is 0 Å². The van der Waals surface area contributed by atoms with Crippen molar-refractivity contribution in [2.45, 2.75) is 31.5 Å². The molecule has 2 nitrogen and oxygen atoms in total. The number of rotatable bonds is 2. The van der Waals surface area contributed by atoms with E-state index < -0.39 is 0 Å². The number of benzene rings is 1. The minimum Gasteiger partial charge on any atom is -0.280 e. The van der Waals surface area contributed by atoms with E-state index in [0.29, 0.717) is 6.04 Å². The van der Waals surface area contributed by atoms with Crippen molar-refractivity contribution in [3.8, 4) is 6.07 Å². The van der Waals surface area contributed by atoms with Crippen LogP contribution < -0.4 is 0 Å². The first-order valence-electron chi connectivity index (χ1n) is 5.58. The quantitative estimate of drug-likeness (QED) is 0.728. The van der Waals surface area contributed by atoms with Gasteiger partial charge in [0.15, 0.2) is 0 Å². The lowest BCUT2D eigenvalue weighted by molar-refractivity contribution is 0.247. The second-order valence-corrected chi connectivity index (χ2v) is 4.60. The van der Waals surface area contributed by atoms with E-state index >= 15 is 0 Å². The first-order valence-corrected chi connectivity index (χ1v) is 5.58. The molecule has 2 unspecified atom stereocenters. The van der Waals surface area contributed by atoms with E-state index in [4.69, 9.17) is 5.26 Å². The van der Waals surface area contributed by atoms with Crippen LogP contribution in [0.25, 0.3) is 0 Å². The van der Waals surface area contributed by atoms with Gasteiger partial charge in [-0.05, 0) is 24.3 Å². The minimum absolute atomic E-state index is 0.161. The average molecular weight is 198 g/mol. The maximum Gasteiger partial charge on any atom is 0.0986 e. The Balaban J connectivity index is 1.75. The first-order chi connectivity index (χ1) is 7.38.